The standard InChI is InChI=1S/C12H18BrNO2S/c1-4-5-8-14(3)17(15,16)12-7-6-10(2)9-11(12)13/h6-7,9H,4-5,8H2,1-3H3. The monoisotopic (exact) mass is 319 g/mol. The van der Waals surface area contributed by atoms with Crippen LogP contribution in [0.2, 0.25) is 0 Å². The van der Waals surface area contributed by atoms with Crippen molar-refractivity contribution in [3.63, 3.8) is 0 Å². The van der Waals surface area contributed by atoms with Crippen molar-refractivity contribution in [2.45, 2.75) is 31.6 Å². The molecular weight excluding hydrogens is 302 g/mol. The number of hydrogen-bond donors (Lipinski definition) is 0. The van der Waals surface area contributed by atoms with Crippen LogP contribution in [0.4, 0.5) is 0 Å². The van der Waals surface area contributed by atoms with Gasteiger partial charge in [0.15, 0.2) is 0 Å². The van der Waals surface area contributed by atoms with Crippen molar-refractivity contribution in [1.82, 2.24) is 4.31 Å². The molecule has 0 N–H and O–H groups in total. The van der Waals surface area contributed by atoms with Crippen LogP contribution in [0.25, 0.3) is 0 Å². The molecule has 0 fully saturated rings. The maximum atomic E-state index is 12.3. The molecule has 1 aromatic rings. The zero-order valence-corrected chi connectivity index (χ0v) is 12.8. The van der Waals surface area contributed by atoms with E-state index >= 15 is 0 Å². The second kappa shape index (κ2) is 5.98. The van der Waals surface area contributed by atoms with Gasteiger partial charge in [-0.15, -0.1) is 0 Å². The average molecular weight is 320 g/mol. The van der Waals surface area contributed by atoms with Crippen molar-refractivity contribution >= 4 is 26.0 Å². The van der Waals surface area contributed by atoms with E-state index in [4.69, 9.17) is 0 Å². The maximum Gasteiger partial charge on any atom is 0.243 e. The van der Waals surface area contributed by atoms with Crippen LogP contribution in [0.3, 0.4) is 0 Å². The molecule has 96 valence electrons. The van der Waals surface area contributed by atoms with E-state index in [0.717, 1.165) is 18.4 Å². The Bertz CT molecular complexity index is 485. The summed E-state index contributed by atoms with van der Waals surface area (Å²) in [6.45, 7) is 4.53. The summed E-state index contributed by atoms with van der Waals surface area (Å²) in [5, 5.41) is 0. The molecule has 0 bridgehead atoms. The quantitative estimate of drug-likeness (QED) is 0.835. The Morgan fingerprint density at radius 2 is 2.00 bits per heavy atom. The zero-order valence-electron chi connectivity index (χ0n) is 10.4. The number of sulfonamides is 1. The summed E-state index contributed by atoms with van der Waals surface area (Å²) in [6.07, 6.45) is 1.86. The van der Waals surface area contributed by atoms with E-state index in [1.165, 1.54) is 4.31 Å². The van der Waals surface area contributed by atoms with Crippen LogP contribution >= 0.6 is 15.9 Å². The Labute approximate surface area is 112 Å². The molecule has 0 heterocycles. The molecule has 0 aliphatic heterocycles. The lowest BCUT2D eigenvalue weighted by molar-refractivity contribution is 0.459. The summed E-state index contributed by atoms with van der Waals surface area (Å²) in [5.74, 6) is 0. The van der Waals surface area contributed by atoms with Gasteiger partial charge in [0.25, 0.3) is 0 Å². The third-order valence-electron chi connectivity index (χ3n) is 2.60. The van der Waals surface area contributed by atoms with Gasteiger partial charge in [0.05, 0.1) is 4.90 Å². The Morgan fingerprint density at radius 1 is 1.35 bits per heavy atom. The van der Waals surface area contributed by atoms with Crippen LogP contribution < -0.4 is 0 Å². The van der Waals surface area contributed by atoms with Crippen LogP contribution in [-0.2, 0) is 10.0 Å². The van der Waals surface area contributed by atoms with Crippen LogP contribution in [0, 0.1) is 6.92 Å². The number of hydrogen-bond acceptors (Lipinski definition) is 2. The summed E-state index contributed by atoms with van der Waals surface area (Å²) in [6, 6.07) is 5.28. The largest absolute Gasteiger partial charge is 0.243 e. The van der Waals surface area contributed by atoms with Crippen molar-refractivity contribution in [3.05, 3.63) is 28.2 Å². The first-order valence-corrected chi connectivity index (χ1v) is 7.85. The number of rotatable bonds is 5. The molecule has 3 nitrogen and oxygen atoms in total. The van der Waals surface area contributed by atoms with E-state index in [0.29, 0.717) is 15.9 Å². The fourth-order valence-electron chi connectivity index (χ4n) is 1.48. The highest BCUT2D eigenvalue weighted by atomic mass is 79.9. The Balaban J connectivity index is 3.04. The van der Waals surface area contributed by atoms with Crippen molar-refractivity contribution in [2.24, 2.45) is 0 Å². The van der Waals surface area contributed by atoms with Gasteiger partial charge in [-0.05, 0) is 47.0 Å². The van der Waals surface area contributed by atoms with Crippen molar-refractivity contribution in [2.75, 3.05) is 13.6 Å². The lowest BCUT2D eigenvalue weighted by atomic mass is 10.2. The van der Waals surface area contributed by atoms with E-state index in [1.807, 2.05) is 26.0 Å². The molecule has 0 unspecified atom stereocenters. The van der Waals surface area contributed by atoms with E-state index < -0.39 is 10.0 Å². The molecule has 0 spiro atoms. The first kappa shape index (κ1) is 14.7. The fourth-order valence-corrected chi connectivity index (χ4v) is 3.84. The van der Waals surface area contributed by atoms with E-state index in [9.17, 15) is 8.42 Å². The van der Waals surface area contributed by atoms with Crippen LogP contribution in [0.5, 0.6) is 0 Å². The zero-order chi connectivity index (χ0) is 13.1. The third-order valence-corrected chi connectivity index (χ3v) is 5.44. The molecule has 0 aliphatic carbocycles. The number of halogens is 1. The van der Waals surface area contributed by atoms with E-state index in [1.54, 1.807) is 13.1 Å². The summed E-state index contributed by atoms with van der Waals surface area (Å²) in [7, 11) is -1.75. The minimum absolute atomic E-state index is 0.335. The van der Waals surface area contributed by atoms with Crippen molar-refractivity contribution in [3.8, 4) is 0 Å². The fraction of sp³-hybridized carbons (Fsp3) is 0.500. The Morgan fingerprint density at radius 3 is 2.53 bits per heavy atom. The van der Waals surface area contributed by atoms with Crippen LogP contribution in [-0.4, -0.2) is 26.3 Å². The molecule has 1 aromatic carbocycles. The van der Waals surface area contributed by atoms with Gasteiger partial charge in [0, 0.05) is 18.1 Å². The second-order valence-corrected chi connectivity index (χ2v) is 6.98. The highest BCUT2D eigenvalue weighted by Crippen LogP contribution is 2.25. The predicted molar refractivity (Wildman–Crippen MR) is 73.6 cm³/mol. The molecule has 0 aromatic heterocycles. The molecule has 17 heavy (non-hydrogen) atoms. The predicted octanol–water partition coefficient (Wildman–Crippen LogP) is 3.18. The topological polar surface area (TPSA) is 37.4 Å². The van der Waals surface area contributed by atoms with Gasteiger partial charge in [-0.2, -0.15) is 0 Å². The van der Waals surface area contributed by atoms with Crippen LogP contribution in [0.15, 0.2) is 27.6 Å². The van der Waals surface area contributed by atoms with Gasteiger partial charge in [-0.25, -0.2) is 12.7 Å². The third kappa shape index (κ3) is 3.53. The minimum Gasteiger partial charge on any atom is -0.207 e. The number of unbranched alkanes of at least 4 members (excludes halogenated alkanes) is 1. The lowest BCUT2D eigenvalue weighted by Crippen LogP contribution is -2.28. The Hall–Kier alpha value is -0.390. The SMILES string of the molecule is CCCCN(C)S(=O)(=O)c1ccc(C)cc1Br. The molecule has 1 rings (SSSR count). The molecule has 5 heteroatoms. The first-order chi connectivity index (χ1) is 7.89. The van der Waals surface area contributed by atoms with Gasteiger partial charge in [-0.3, -0.25) is 0 Å². The van der Waals surface area contributed by atoms with Gasteiger partial charge in [0.1, 0.15) is 0 Å². The maximum absolute atomic E-state index is 12.3. The summed E-state index contributed by atoms with van der Waals surface area (Å²) < 4.78 is 26.6. The summed E-state index contributed by atoms with van der Waals surface area (Å²) >= 11 is 3.31. The van der Waals surface area contributed by atoms with E-state index in [2.05, 4.69) is 15.9 Å². The van der Waals surface area contributed by atoms with Crippen molar-refractivity contribution in [1.29, 1.82) is 0 Å². The Kier molecular flexibility index (Phi) is 5.16. The molecule has 0 saturated carbocycles. The van der Waals surface area contributed by atoms with Gasteiger partial charge < -0.3 is 0 Å². The number of nitrogens with zero attached hydrogens (tertiary/aromatic N) is 1. The van der Waals surface area contributed by atoms with Gasteiger partial charge >= 0.3 is 0 Å². The highest BCUT2D eigenvalue weighted by molar-refractivity contribution is 9.10. The van der Waals surface area contributed by atoms with Gasteiger partial charge in [0.2, 0.25) is 10.0 Å². The molecule has 0 radical (unpaired) electrons. The van der Waals surface area contributed by atoms with E-state index in [-0.39, 0.29) is 0 Å². The molecule has 0 saturated heterocycles. The lowest BCUT2D eigenvalue weighted by Gasteiger charge is -2.17. The number of aryl methyl sites for hydroxylation is 1. The average Bonchev–Trinajstić information content (AvgIpc) is 2.25. The molecule has 0 atom stereocenters. The summed E-state index contributed by atoms with van der Waals surface area (Å²) in [4.78, 5) is 0.335. The number of benzene rings is 1. The highest BCUT2D eigenvalue weighted by Gasteiger charge is 2.22. The van der Waals surface area contributed by atoms with Crippen LogP contribution in [0.1, 0.15) is 25.3 Å². The normalized spacial score (nSPS) is 12.1. The minimum atomic E-state index is -3.37. The van der Waals surface area contributed by atoms with Crippen molar-refractivity contribution < 1.29 is 8.42 Å². The summed E-state index contributed by atoms with van der Waals surface area (Å²) in [5.41, 5.74) is 1.03. The second-order valence-electron chi connectivity index (χ2n) is 4.11. The molecule has 0 amide bonds. The molecular formula is C12H18BrNO2S. The van der Waals surface area contributed by atoms with Gasteiger partial charge in [-0.1, -0.05) is 19.4 Å². The first-order valence-electron chi connectivity index (χ1n) is 5.62. The molecule has 0 aliphatic rings. The smallest absolute Gasteiger partial charge is 0.207 e.